The zero-order valence-corrected chi connectivity index (χ0v) is 24.0. The van der Waals surface area contributed by atoms with E-state index in [1.54, 1.807) is 44.2 Å². The van der Waals surface area contributed by atoms with Crippen molar-refractivity contribution in [1.29, 1.82) is 0 Å². The Kier molecular flexibility index (Phi) is 11.7. The molecule has 42 heavy (non-hydrogen) atoms. The van der Waals surface area contributed by atoms with E-state index in [4.69, 9.17) is 23.7 Å². The van der Waals surface area contributed by atoms with Crippen LogP contribution in [-0.2, 0) is 19.1 Å². The van der Waals surface area contributed by atoms with Crippen molar-refractivity contribution >= 4 is 11.9 Å². The fourth-order valence-electron chi connectivity index (χ4n) is 3.70. The predicted molar refractivity (Wildman–Crippen MR) is 156 cm³/mol. The van der Waals surface area contributed by atoms with E-state index in [0.29, 0.717) is 52.0 Å². The molecular weight excluding hydrogens is 546 g/mol. The zero-order chi connectivity index (χ0) is 30.6. The molecule has 0 saturated heterocycles. The van der Waals surface area contributed by atoms with Crippen LogP contribution in [0, 0.1) is 11.6 Å². The highest BCUT2D eigenvalue weighted by Gasteiger charge is 2.13. The van der Waals surface area contributed by atoms with E-state index in [9.17, 15) is 18.4 Å². The van der Waals surface area contributed by atoms with Gasteiger partial charge in [-0.3, -0.25) is 0 Å². The molecule has 0 saturated carbocycles. The van der Waals surface area contributed by atoms with Gasteiger partial charge in [-0.2, -0.15) is 0 Å². The average molecular weight is 581 g/mol. The van der Waals surface area contributed by atoms with Crippen molar-refractivity contribution in [2.24, 2.45) is 0 Å². The Hall–Kier alpha value is -4.66. The third-order valence-corrected chi connectivity index (χ3v) is 5.93. The minimum Gasteiger partial charge on any atom is -0.497 e. The van der Waals surface area contributed by atoms with Crippen LogP contribution in [0.2, 0.25) is 0 Å². The third kappa shape index (κ3) is 9.19. The Bertz CT molecular complexity index is 1340. The highest BCUT2D eigenvalue weighted by molar-refractivity contribution is 5.87. The number of rotatable bonds is 15. The Labute approximate surface area is 244 Å². The number of carbonyl (C=O) groups is 2. The largest absolute Gasteiger partial charge is 0.497 e. The monoisotopic (exact) mass is 580 g/mol. The van der Waals surface area contributed by atoms with E-state index >= 15 is 0 Å². The van der Waals surface area contributed by atoms with E-state index in [1.807, 2.05) is 0 Å². The maximum atomic E-state index is 14.9. The number of halogens is 2. The molecule has 3 aromatic rings. The van der Waals surface area contributed by atoms with Gasteiger partial charge in [-0.1, -0.05) is 25.3 Å². The molecule has 222 valence electrons. The average Bonchev–Trinajstić information content (AvgIpc) is 2.97. The molecule has 0 aliphatic carbocycles. The number of esters is 2. The number of carbonyl (C=O) groups excluding carboxylic acids is 2. The molecule has 3 rings (SSSR count). The highest BCUT2D eigenvalue weighted by atomic mass is 19.1. The van der Waals surface area contributed by atoms with Crippen LogP contribution in [-0.4, -0.2) is 45.5 Å². The van der Waals surface area contributed by atoms with Gasteiger partial charge in [-0.05, 0) is 78.6 Å². The van der Waals surface area contributed by atoms with Crippen LogP contribution >= 0.6 is 0 Å². The molecule has 0 N–H and O–H groups in total. The van der Waals surface area contributed by atoms with Crippen molar-refractivity contribution in [3.05, 3.63) is 90.5 Å². The first kappa shape index (κ1) is 31.9. The van der Waals surface area contributed by atoms with Gasteiger partial charge in [0, 0.05) is 24.0 Å². The fourth-order valence-corrected chi connectivity index (χ4v) is 3.70. The summed E-state index contributed by atoms with van der Waals surface area (Å²) in [4.78, 5) is 22.8. The first-order valence-corrected chi connectivity index (χ1v) is 13.3. The minimum atomic E-state index is -0.558. The maximum Gasteiger partial charge on any atom is 0.333 e. The molecular formula is C33H34F2O7. The molecule has 9 heteroatoms. The molecule has 0 radical (unpaired) electrons. The highest BCUT2D eigenvalue weighted by Crippen LogP contribution is 2.34. The lowest BCUT2D eigenvalue weighted by molar-refractivity contribution is -0.140. The first-order valence-electron chi connectivity index (χ1n) is 13.3. The van der Waals surface area contributed by atoms with Crippen molar-refractivity contribution in [3.8, 4) is 39.5 Å². The lowest BCUT2D eigenvalue weighted by Gasteiger charge is -2.13. The Morgan fingerprint density at radius 1 is 0.643 bits per heavy atom. The second-order valence-electron chi connectivity index (χ2n) is 9.48. The topological polar surface area (TPSA) is 80.3 Å². The summed E-state index contributed by atoms with van der Waals surface area (Å²) in [6.07, 6.45) is 0.787. The number of hydrogen-bond donors (Lipinski definition) is 0. The van der Waals surface area contributed by atoms with Crippen LogP contribution in [0.5, 0.6) is 17.2 Å². The second kappa shape index (κ2) is 15.4. The van der Waals surface area contributed by atoms with Crippen molar-refractivity contribution < 1.29 is 42.1 Å². The van der Waals surface area contributed by atoms with E-state index in [-0.39, 0.29) is 37.9 Å². The number of hydrogen-bond acceptors (Lipinski definition) is 7. The molecule has 0 atom stereocenters. The SMILES string of the molecule is C=C(C)C(=O)OCCCOc1ccc(-c2cc(OC)cc(-c3ccc(OCCCOC(=O)C(=C)C)c(F)c3)c2)cc1F. The molecule has 0 unspecified atom stereocenters. The summed E-state index contributed by atoms with van der Waals surface area (Å²) >= 11 is 0. The van der Waals surface area contributed by atoms with Crippen molar-refractivity contribution in [2.75, 3.05) is 33.5 Å². The van der Waals surface area contributed by atoms with Gasteiger partial charge in [0.15, 0.2) is 23.1 Å². The normalized spacial score (nSPS) is 10.5. The van der Waals surface area contributed by atoms with Gasteiger partial charge in [0.1, 0.15) is 5.75 Å². The van der Waals surface area contributed by atoms with Crippen molar-refractivity contribution in [2.45, 2.75) is 26.7 Å². The Morgan fingerprint density at radius 3 is 1.43 bits per heavy atom. The smallest absolute Gasteiger partial charge is 0.333 e. The maximum absolute atomic E-state index is 14.9. The van der Waals surface area contributed by atoms with Gasteiger partial charge in [0.2, 0.25) is 0 Å². The van der Waals surface area contributed by atoms with Crippen molar-refractivity contribution in [1.82, 2.24) is 0 Å². The van der Waals surface area contributed by atoms with Gasteiger partial charge < -0.3 is 23.7 Å². The van der Waals surface area contributed by atoms with Gasteiger partial charge in [-0.25, -0.2) is 18.4 Å². The lowest BCUT2D eigenvalue weighted by atomic mass is 9.98. The number of ether oxygens (including phenoxy) is 5. The van der Waals surface area contributed by atoms with Crippen LogP contribution in [0.25, 0.3) is 22.3 Å². The summed E-state index contributed by atoms with van der Waals surface area (Å²) in [7, 11) is 1.51. The summed E-state index contributed by atoms with van der Waals surface area (Å²) in [5.74, 6) is -1.43. The Morgan fingerprint density at radius 2 is 1.07 bits per heavy atom. The van der Waals surface area contributed by atoms with Gasteiger partial charge in [0.25, 0.3) is 0 Å². The summed E-state index contributed by atoms with van der Waals surface area (Å²) < 4.78 is 56.2. The fraction of sp³-hybridized carbons (Fsp3) is 0.273. The van der Waals surface area contributed by atoms with Crippen LogP contribution in [0.1, 0.15) is 26.7 Å². The minimum absolute atomic E-state index is 0.0692. The first-order chi connectivity index (χ1) is 20.1. The zero-order valence-electron chi connectivity index (χ0n) is 24.0. The number of methoxy groups -OCH3 is 1. The molecule has 0 spiro atoms. The lowest BCUT2D eigenvalue weighted by Crippen LogP contribution is -2.09. The molecule has 0 fully saturated rings. The number of benzene rings is 3. The van der Waals surface area contributed by atoms with E-state index in [2.05, 4.69) is 13.2 Å². The standard InChI is InChI=1S/C33H34F2O7/c1-21(2)32(36)41-14-6-12-39-30-10-8-23(19-28(30)34)25-16-26(18-27(17-25)38-5)24-9-11-31(29(35)20-24)40-13-7-15-42-33(37)22(3)4/h8-11,16-20H,1,3,6-7,12-15H2,2,4-5H3. The van der Waals surface area contributed by atoms with Gasteiger partial charge >= 0.3 is 11.9 Å². The molecule has 3 aromatic carbocycles. The summed E-state index contributed by atoms with van der Waals surface area (Å²) in [5.41, 5.74) is 3.08. The van der Waals surface area contributed by atoms with Crippen LogP contribution < -0.4 is 14.2 Å². The molecule has 0 aliphatic heterocycles. The van der Waals surface area contributed by atoms with E-state index in [0.717, 1.165) is 0 Å². The third-order valence-electron chi connectivity index (χ3n) is 5.93. The van der Waals surface area contributed by atoms with Gasteiger partial charge in [0.05, 0.1) is 33.5 Å². The summed E-state index contributed by atoms with van der Waals surface area (Å²) in [5, 5.41) is 0. The Balaban J connectivity index is 1.66. The molecule has 7 nitrogen and oxygen atoms in total. The van der Waals surface area contributed by atoms with Crippen LogP contribution in [0.4, 0.5) is 8.78 Å². The second-order valence-corrected chi connectivity index (χ2v) is 9.48. The summed E-state index contributed by atoms with van der Waals surface area (Å²) in [6, 6.07) is 14.5. The van der Waals surface area contributed by atoms with E-state index < -0.39 is 23.6 Å². The molecule has 0 heterocycles. The molecule has 0 amide bonds. The van der Waals surface area contributed by atoms with Crippen LogP contribution in [0.15, 0.2) is 78.9 Å². The molecule has 0 bridgehead atoms. The van der Waals surface area contributed by atoms with Gasteiger partial charge in [-0.15, -0.1) is 0 Å². The van der Waals surface area contributed by atoms with E-state index in [1.165, 1.54) is 31.4 Å². The quantitative estimate of drug-likeness (QED) is 0.108. The predicted octanol–water partition coefficient (Wildman–Crippen LogP) is 7.08. The molecule has 0 aliphatic rings. The molecule has 0 aromatic heterocycles. The summed E-state index contributed by atoms with van der Waals surface area (Å²) in [6.45, 7) is 10.7. The van der Waals surface area contributed by atoms with Crippen molar-refractivity contribution in [3.63, 3.8) is 0 Å². The van der Waals surface area contributed by atoms with Crippen LogP contribution in [0.3, 0.4) is 0 Å².